The first-order valence-corrected chi connectivity index (χ1v) is 6.67. The van der Waals surface area contributed by atoms with E-state index in [0.29, 0.717) is 6.54 Å². The summed E-state index contributed by atoms with van der Waals surface area (Å²) in [6.45, 7) is 7.04. The molecule has 1 aliphatic rings. The molecule has 1 saturated heterocycles. The molecule has 18 heavy (non-hydrogen) atoms. The number of likely N-dealkylation sites (tertiary alicyclic amines) is 1. The van der Waals surface area contributed by atoms with Gasteiger partial charge in [-0.2, -0.15) is 0 Å². The van der Waals surface area contributed by atoms with Gasteiger partial charge in [-0.3, -0.25) is 0 Å². The fourth-order valence-corrected chi connectivity index (χ4v) is 2.56. The van der Waals surface area contributed by atoms with Crippen molar-refractivity contribution < 1.29 is 9.84 Å². The first-order valence-electron chi connectivity index (χ1n) is 6.67. The van der Waals surface area contributed by atoms with Gasteiger partial charge in [0.05, 0.1) is 13.2 Å². The second-order valence-corrected chi connectivity index (χ2v) is 5.20. The zero-order valence-corrected chi connectivity index (χ0v) is 11.6. The smallest absolute Gasteiger partial charge is 0.124 e. The summed E-state index contributed by atoms with van der Waals surface area (Å²) in [6.07, 6.45) is 2.03. The molecule has 1 fully saturated rings. The molecule has 0 aromatic heterocycles. The van der Waals surface area contributed by atoms with E-state index in [-0.39, 0.29) is 0 Å². The quantitative estimate of drug-likeness (QED) is 0.889. The van der Waals surface area contributed by atoms with E-state index < -0.39 is 6.10 Å². The minimum absolute atomic E-state index is 0.461. The Morgan fingerprint density at radius 3 is 2.44 bits per heavy atom. The van der Waals surface area contributed by atoms with Crippen molar-refractivity contribution in [1.82, 2.24) is 4.90 Å². The number of aryl methyl sites for hydroxylation is 2. The number of rotatable bonds is 4. The highest BCUT2D eigenvalue weighted by molar-refractivity contribution is 5.43. The normalized spacial score (nSPS) is 18.0. The summed E-state index contributed by atoms with van der Waals surface area (Å²) in [6, 6.07) is 4.06. The number of aliphatic hydroxyl groups excluding tert-OH is 1. The number of aliphatic hydroxyl groups is 1. The van der Waals surface area contributed by atoms with Gasteiger partial charge < -0.3 is 14.7 Å². The van der Waals surface area contributed by atoms with Crippen LogP contribution >= 0.6 is 0 Å². The third-order valence-electron chi connectivity index (χ3n) is 3.83. The van der Waals surface area contributed by atoms with Crippen LogP contribution in [0.5, 0.6) is 5.75 Å². The summed E-state index contributed by atoms with van der Waals surface area (Å²) in [5.74, 6) is 0.796. The van der Waals surface area contributed by atoms with E-state index in [9.17, 15) is 5.11 Å². The number of hydrogen-bond acceptors (Lipinski definition) is 3. The molecule has 3 nitrogen and oxygen atoms in total. The number of β-amino-alcohol motifs (C(OH)–C–C–N with tert-alkyl or cyclic N) is 1. The Balaban J connectivity index is 2.17. The predicted molar refractivity (Wildman–Crippen MR) is 73.1 cm³/mol. The van der Waals surface area contributed by atoms with E-state index in [0.717, 1.165) is 24.4 Å². The van der Waals surface area contributed by atoms with Crippen LogP contribution in [0.4, 0.5) is 0 Å². The van der Waals surface area contributed by atoms with Gasteiger partial charge in [-0.1, -0.05) is 0 Å². The molecule has 0 spiro atoms. The molecule has 2 rings (SSSR count). The molecular weight excluding hydrogens is 226 g/mol. The van der Waals surface area contributed by atoms with Crippen molar-refractivity contribution in [2.45, 2.75) is 32.8 Å². The molecule has 1 unspecified atom stereocenters. The van der Waals surface area contributed by atoms with E-state index in [4.69, 9.17) is 4.74 Å². The zero-order valence-electron chi connectivity index (χ0n) is 11.6. The van der Waals surface area contributed by atoms with Crippen LogP contribution in [0, 0.1) is 13.8 Å². The first-order chi connectivity index (χ1) is 8.61. The molecule has 1 N–H and O–H groups in total. The van der Waals surface area contributed by atoms with Gasteiger partial charge in [-0.05, 0) is 63.0 Å². The summed E-state index contributed by atoms with van der Waals surface area (Å²) in [5.41, 5.74) is 3.31. The summed E-state index contributed by atoms with van der Waals surface area (Å²) >= 11 is 0. The lowest BCUT2D eigenvalue weighted by Crippen LogP contribution is -2.25. The average molecular weight is 249 g/mol. The lowest BCUT2D eigenvalue weighted by Gasteiger charge is -2.22. The molecule has 0 aliphatic carbocycles. The van der Waals surface area contributed by atoms with Crippen LogP contribution in [0.1, 0.15) is 35.6 Å². The summed E-state index contributed by atoms with van der Waals surface area (Å²) in [4.78, 5) is 2.32. The molecule has 1 atom stereocenters. The van der Waals surface area contributed by atoms with Crippen molar-refractivity contribution in [3.05, 3.63) is 28.8 Å². The monoisotopic (exact) mass is 249 g/mol. The fraction of sp³-hybridized carbons (Fsp3) is 0.600. The maximum Gasteiger partial charge on any atom is 0.124 e. The molecule has 1 heterocycles. The Bertz CT molecular complexity index is 411. The Morgan fingerprint density at radius 1 is 1.22 bits per heavy atom. The zero-order chi connectivity index (χ0) is 13.1. The van der Waals surface area contributed by atoms with Crippen LogP contribution in [0.3, 0.4) is 0 Å². The van der Waals surface area contributed by atoms with Crippen molar-refractivity contribution in [2.24, 2.45) is 0 Å². The summed E-state index contributed by atoms with van der Waals surface area (Å²) in [7, 11) is 1.66. The number of ether oxygens (including phenoxy) is 1. The maximum absolute atomic E-state index is 10.4. The Hall–Kier alpha value is -1.06. The van der Waals surface area contributed by atoms with Crippen molar-refractivity contribution >= 4 is 0 Å². The van der Waals surface area contributed by atoms with Crippen molar-refractivity contribution in [1.29, 1.82) is 0 Å². The van der Waals surface area contributed by atoms with Gasteiger partial charge in [0, 0.05) is 12.1 Å². The third-order valence-corrected chi connectivity index (χ3v) is 3.83. The number of benzene rings is 1. The highest BCUT2D eigenvalue weighted by Gasteiger charge is 2.20. The molecule has 0 radical (unpaired) electrons. The van der Waals surface area contributed by atoms with Crippen LogP contribution in [-0.4, -0.2) is 36.8 Å². The largest absolute Gasteiger partial charge is 0.496 e. The molecule has 100 valence electrons. The highest BCUT2D eigenvalue weighted by atomic mass is 16.5. The lowest BCUT2D eigenvalue weighted by molar-refractivity contribution is 0.123. The van der Waals surface area contributed by atoms with Gasteiger partial charge in [0.15, 0.2) is 0 Å². The van der Waals surface area contributed by atoms with Crippen molar-refractivity contribution in [3.8, 4) is 5.75 Å². The Morgan fingerprint density at radius 2 is 1.83 bits per heavy atom. The molecule has 0 saturated carbocycles. The topological polar surface area (TPSA) is 32.7 Å². The van der Waals surface area contributed by atoms with Gasteiger partial charge in [0.2, 0.25) is 0 Å². The SMILES string of the molecule is COc1cc(C)c(C)cc1C(O)CN1CCCC1. The molecule has 1 aromatic carbocycles. The lowest BCUT2D eigenvalue weighted by atomic mass is 10.0. The van der Waals surface area contributed by atoms with E-state index in [1.54, 1.807) is 7.11 Å². The van der Waals surface area contributed by atoms with Crippen LogP contribution in [0.2, 0.25) is 0 Å². The van der Waals surface area contributed by atoms with Crippen LogP contribution < -0.4 is 4.74 Å². The van der Waals surface area contributed by atoms with Crippen molar-refractivity contribution in [3.63, 3.8) is 0 Å². The van der Waals surface area contributed by atoms with Gasteiger partial charge >= 0.3 is 0 Å². The number of methoxy groups -OCH3 is 1. The number of nitrogens with zero attached hydrogens (tertiary/aromatic N) is 1. The fourth-order valence-electron chi connectivity index (χ4n) is 2.56. The average Bonchev–Trinajstić information content (AvgIpc) is 2.84. The van der Waals surface area contributed by atoms with E-state index in [1.165, 1.54) is 24.0 Å². The van der Waals surface area contributed by atoms with Gasteiger partial charge in [0.1, 0.15) is 5.75 Å². The minimum atomic E-state index is -0.461. The Kier molecular flexibility index (Phi) is 4.25. The van der Waals surface area contributed by atoms with Gasteiger partial charge in [-0.15, -0.1) is 0 Å². The standard InChI is InChI=1S/C15H23NO2/c1-11-8-13(15(18-3)9-12(11)2)14(17)10-16-6-4-5-7-16/h8-9,14,17H,4-7,10H2,1-3H3. The summed E-state index contributed by atoms with van der Waals surface area (Å²) in [5, 5.41) is 10.4. The first kappa shape index (κ1) is 13.4. The second kappa shape index (κ2) is 5.72. The highest BCUT2D eigenvalue weighted by Crippen LogP contribution is 2.29. The van der Waals surface area contributed by atoms with E-state index >= 15 is 0 Å². The molecular formula is C15H23NO2. The maximum atomic E-state index is 10.4. The molecule has 1 aromatic rings. The van der Waals surface area contributed by atoms with Crippen LogP contribution in [0.25, 0.3) is 0 Å². The van der Waals surface area contributed by atoms with Gasteiger partial charge in [0.25, 0.3) is 0 Å². The minimum Gasteiger partial charge on any atom is -0.496 e. The molecule has 1 aliphatic heterocycles. The molecule has 0 amide bonds. The van der Waals surface area contributed by atoms with E-state index in [2.05, 4.69) is 24.8 Å². The second-order valence-electron chi connectivity index (χ2n) is 5.20. The third kappa shape index (κ3) is 2.85. The van der Waals surface area contributed by atoms with E-state index in [1.807, 2.05) is 6.07 Å². The molecule has 3 heteroatoms. The van der Waals surface area contributed by atoms with Crippen LogP contribution in [-0.2, 0) is 0 Å². The Labute approximate surface area is 109 Å². The van der Waals surface area contributed by atoms with Crippen LogP contribution in [0.15, 0.2) is 12.1 Å². The molecule has 0 bridgehead atoms. The number of hydrogen-bond donors (Lipinski definition) is 1. The predicted octanol–water partition coefficient (Wildman–Crippen LogP) is 2.44. The summed E-state index contributed by atoms with van der Waals surface area (Å²) < 4.78 is 5.39. The van der Waals surface area contributed by atoms with Gasteiger partial charge in [-0.25, -0.2) is 0 Å². The van der Waals surface area contributed by atoms with Crippen molar-refractivity contribution in [2.75, 3.05) is 26.7 Å².